The summed E-state index contributed by atoms with van der Waals surface area (Å²) in [6.07, 6.45) is -4.71. The molecule has 0 bridgehead atoms. The summed E-state index contributed by atoms with van der Waals surface area (Å²) in [5, 5.41) is 3.29. The van der Waals surface area contributed by atoms with Crippen molar-refractivity contribution in [2.45, 2.75) is 16.8 Å². The quantitative estimate of drug-likeness (QED) is 0.646. The van der Waals surface area contributed by atoms with Crippen molar-refractivity contribution < 1.29 is 26.3 Å². The van der Waals surface area contributed by atoms with Crippen LogP contribution in [0, 0.1) is 5.82 Å². The Labute approximate surface area is 141 Å². The summed E-state index contributed by atoms with van der Waals surface area (Å²) in [6.45, 7) is 0. The molecule has 0 N–H and O–H groups in total. The fourth-order valence-corrected chi connectivity index (χ4v) is 3.23. The molecule has 2 aromatic carbocycles. The molecule has 0 aliphatic heterocycles. The fourth-order valence-electron chi connectivity index (χ4n) is 2.06. The van der Waals surface area contributed by atoms with E-state index in [-0.39, 0.29) is 16.5 Å². The number of rotatable bonds is 4. The predicted octanol–water partition coefficient (Wildman–Crippen LogP) is 4.20. The van der Waals surface area contributed by atoms with Crippen LogP contribution < -0.4 is 0 Å². The SMILES string of the molecule is O=S(Cc1ccc(-c2noc(C(F)(F)F)n2)cc1)c1ccccc1F. The van der Waals surface area contributed by atoms with E-state index in [1.54, 1.807) is 18.2 Å². The van der Waals surface area contributed by atoms with Gasteiger partial charge < -0.3 is 4.52 Å². The van der Waals surface area contributed by atoms with Crippen molar-refractivity contribution in [2.24, 2.45) is 0 Å². The van der Waals surface area contributed by atoms with Crippen molar-refractivity contribution in [3.63, 3.8) is 0 Å². The maximum atomic E-state index is 13.6. The lowest BCUT2D eigenvalue weighted by atomic mass is 10.1. The summed E-state index contributed by atoms with van der Waals surface area (Å²) in [4.78, 5) is 3.39. The summed E-state index contributed by atoms with van der Waals surface area (Å²) in [5.74, 6) is -2.10. The van der Waals surface area contributed by atoms with Gasteiger partial charge in [0.1, 0.15) is 5.82 Å². The number of hydrogen-bond acceptors (Lipinski definition) is 4. The smallest absolute Gasteiger partial charge is 0.329 e. The van der Waals surface area contributed by atoms with Gasteiger partial charge in [-0.25, -0.2) is 4.39 Å². The number of hydrogen-bond donors (Lipinski definition) is 0. The minimum absolute atomic E-state index is 0.0707. The Morgan fingerprint density at radius 1 is 1.04 bits per heavy atom. The fraction of sp³-hybridized carbons (Fsp3) is 0.125. The molecule has 0 saturated carbocycles. The van der Waals surface area contributed by atoms with Crippen molar-refractivity contribution in [1.29, 1.82) is 0 Å². The van der Waals surface area contributed by atoms with Gasteiger partial charge in [-0.2, -0.15) is 18.2 Å². The molecule has 3 aromatic rings. The monoisotopic (exact) mass is 370 g/mol. The second kappa shape index (κ2) is 6.75. The lowest BCUT2D eigenvalue weighted by molar-refractivity contribution is -0.159. The molecule has 1 atom stereocenters. The normalized spacial score (nSPS) is 13.0. The Morgan fingerprint density at radius 2 is 1.72 bits per heavy atom. The molecule has 25 heavy (non-hydrogen) atoms. The zero-order valence-electron chi connectivity index (χ0n) is 12.5. The third kappa shape index (κ3) is 3.93. The molecule has 0 fully saturated rings. The van der Waals surface area contributed by atoms with Crippen LogP contribution in [0.1, 0.15) is 11.5 Å². The van der Waals surface area contributed by atoms with Gasteiger partial charge in [-0.3, -0.25) is 4.21 Å². The molecule has 0 amide bonds. The standard InChI is InChI=1S/C16H10F4N2O2S/c17-12-3-1-2-4-13(12)25(23)9-10-5-7-11(8-6-10)14-21-15(24-22-14)16(18,19)20/h1-8H,9H2. The van der Waals surface area contributed by atoms with Gasteiger partial charge in [0.2, 0.25) is 5.82 Å². The molecule has 4 nitrogen and oxygen atoms in total. The number of aromatic nitrogens is 2. The average Bonchev–Trinajstić information content (AvgIpc) is 3.06. The molecule has 0 aliphatic carbocycles. The van der Waals surface area contributed by atoms with Crippen LogP contribution >= 0.6 is 0 Å². The summed E-state index contributed by atoms with van der Waals surface area (Å²) in [6, 6.07) is 11.9. The summed E-state index contributed by atoms with van der Waals surface area (Å²) in [5.41, 5.74) is 0.949. The maximum Gasteiger partial charge on any atom is 0.471 e. The molecule has 1 aromatic heterocycles. The lowest BCUT2D eigenvalue weighted by Gasteiger charge is -2.04. The predicted molar refractivity (Wildman–Crippen MR) is 81.2 cm³/mol. The van der Waals surface area contributed by atoms with E-state index in [1.807, 2.05) is 0 Å². The van der Waals surface area contributed by atoms with E-state index in [4.69, 9.17) is 0 Å². The van der Waals surface area contributed by atoms with Crippen LogP contribution in [0.3, 0.4) is 0 Å². The molecule has 0 radical (unpaired) electrons. The molecule has 9 heteroatoms. The van der Waals surface area contributed by atoms with E-state index in [2.05, 4.69) is 14.7 Å². The Kier molecular flexibility index (Phi) is 4.67. The van der Waals surface area contributed by atoms with Crippen LogP contribution in [0.15, 0.2) is 57.9 Å². The van der Waals surface area contributed by atoms with Crippen molar-refractivity contribution in [3.05, 3.63) is 65.8 Å². The molecule has 0 spiro atoms. The van der Waals surface area contributed by atoms with E-state index in [0.29, 0.717) is 11.1 Å². The van der Waals surface area contributed by atoms with Crippen molar-refractivity contribution in [3.8, 4) is 11.4 Å². The number of alkyl halides is 3. The van der Waals surface area contributed by atoms with Gasteiger partial charge in [0.15, 0.2) is 0 Å². The molecular formula is C16H10F4N2O2S. The number of benzene rings is 2. The Morgan fingerprint density at radius 3 is 2.32 bits per heavy atom. The largest absolute Gasteiger partial charge is 0.471 e. The molecule has 0 saturated heterocycles. The first-order valence-electron chi connectivity index (χ1n) is 6.98. The van der Waals surface area contributed by atoms with Crippen LogP contribution in [-0.2, 0) is 22.7 Å². The van der Waals surface area contributed by atoms with Gasteiger partial charge in [-0.15, -0.1) is 0 Å². The lowest BCUT2D eigenvalue weighted by Crippen LogP contribution is -2.04. The highest BCUT2D eigenvalue weighted by Gasteiger charge is 2.38. The zero-order valence-corrected chi connectivity index (χ0v) is 13.3. The molecule has 130 valence electrons. The van der Waals surface area contributed by atoms with E-state index in [9.17, 15) is 21.8 Å². The van der Waals surface area contributed by atoms with Crippen LogP contribution in [0.2, 0.25) is 0 Å². The first kappa shape index (κ1) is 17.3. The minimum Gasteiger partial charge on any atom is -0.329 e. The second-order valence-corrected chi connectivity index (χ2v) is 6.46. The summed E-state index contributed by atoms with van der Waals surface area (Å²) in [7, 11) is -1.58. The molecule has 1 heterocycles. The van der Waals surface area contributed by atoms with Crippen LogP contribution in [-0.4, -0.2) is 14.3 Å². The number of halogens is 4. The van der Waals surface area contributed by atoms with Crippen molar-refractivity contribution in [2.75, 3.05) is 0 Å². The first-order valence-corrected chi connectivity index (χ1v) is 8.29. The average molecular weight is 370 g/mol. The van der Waals surface area contributed by atoms with Gasteiger partial charge >= 0.3 is 12.1 Å². The highest BCUT2D eigenvalue weighted by molar-refractivity contribution is 7.84. The molecule has 0 aliphatic rings. The van der Waals surface area contributed by atoms with Gasteiger partial charge in [-0.1, -0.05) is 41.6 Å². The third-order valence-electron chi connectivity index (χ3n) is 3.26. The van der Waals surface area contributed by atoms with Crippen LogP contribution in [0.5, 0.6) is 0 Å². The van der Waals surface area contributed by atoms with E-state index in [0.717, 1.165) is 0 Å². The second-order valence-electron chi connectivity index (χ2n) is 5.04. The van der Waals surface area contributed by atoms with Gasteiger partial charge in [-0.05, 0) is 17.7 Å². The van der Waals surface area contributed by atoms with Crippen molar-refractivity contribution in [1.82, 2.24) is 10.1 Å². The van der Waals surface area contributed by atoms with Crippen molar-refractivity contribution >= 4 is 10.8 Å². The van der Waals surface area contributed by atoms with E-state index < -0.39 is 28.7 Å². The summed E-state index contributed by atoms with van der Waals surface area (Å²) >= 11 is 0. The Bertz CT molecular complexity index is 907. The van der Waals surface area contributed by atoms with Crippen LogP contribution in [0.25, 0.3) is 11.4 Å². The highest BCUT2D eigenvalue weighted by Crippen LogP contribution is 2.29. The molecule has 3 rings (SSSR count). The third-order valence-corrected chi connectivity index (χ3v) is 4.68. The van der Waals surface area contributed by atoms with Gasteiger partial charge in [0.05, 0.1) is 21.4 Å². The molecular weight excluding hydrogens is 360 g/mol. The van der Waals surface area contributed by atoms with E-state index in [1.165, 1.54) is 30.3 Å². The highest BCUT2D eigenvalue weighted by atomic mass is 32.2. The topological polar surface area (TPSA) is 56.0 Å². The maximum absolute atomic E-state index is 13.6. The van der Waals surface area contributed by atoms with Gasteiger partial charge in [0.25, 0.3) is 0 Å². The van der Waals surface area contributed by atoms with Crippen LogP contribution in [0.4, 0.5) is 17.6 Å². The number of nitrogens with zero attached hydrogens (tertiary/aromatic N) is 2. The summed E-state index contributed by atoms with van der Waals surface area (Å²) < 4.78 is 67.4. The Balaban J connectivity index is 1.75. The Hall–Kier alpha value is -2.55. The first-order chi connectivity index (χ1) is 11.8. The minimum atomic E-state index is -4.71. The van der Waals surface area contributed by atoms with Gasteiger partial charge in [0, 0.05) is 5.56 Å². The van der Waals surface area contributed by atoms with E-state index >= 15 is 0 Å². The zero-order chi connectivity index (χ0) is 18.0. The molecule has 1 unspecified atom stereocenters.